The topological polar surface area (TPSA) is 70.1 Å². The van der Waals surface area contributed by atoms with E-state index in [1.807, 2.05) is 12.1 Å². The smallest absolute Gasteiger partial charge is 0.416 e. The average molecular weight is 374 g/mol. The fourth-order valence-electron chi connectivity index (χ4n) is 3.17. The van der Waals surface area contributed by atoms with Crippen LogP contribution in [0.3, 0.4) is 0 Å². The minimum Gasteiger partial charge on any atom is -0.507 e. The largest absolute Gasteiger partial charge is 0.507 e. The van der Waals surface area contributed by atoms with Crippen molar-refractivity contribution in [3.8, 4) is 17.1 Å². The van der Waals surface area contributed by atoms with E-state index in [2.05, 4.69) is 20.6 Å². The zero-order valence-electron chi connectivity index (χ0n) is 14.2. The van der Waals surface area contributed by atoms with E-state index in [-0.39, 0.29) is 23.2 Å². The second kappa shape index (κ2) is 6.70. The number of alkyl halides is 3. The van der Waals surface area contributed by atoms with Gasteiger partial charge < -0.3 is 15.7 Å². The van der Waals surface area contributed by atoms with Gasteiger partial charge in [-0.15, -0.1) is 0 Å². The van der Waals surface area contributed by atoms with Crippen molar-refractivity contribution in [3.05, 3.63) is 48.0 Å². The van der Waals surface area contributed by atoms with E-state index in [1.54, 1.807) is 12.1 Å². The van der Waals surface area contributed by atoms with Crippen LogP contribution in [0.25, 0.3) is 22.3 Å². The highest BCUT2D eigenvalue weighted by Gasteiger charge is 2.31. The molecule has 0 amide bonds. The Kier molecular flexibility index (Phi) is 4.35. The lowest BCUT2D eigenvalue weighted by atomic mass is 10.1. The minimum absolute atomic E-state index is 0.0470. The Bertz CT molecular complexity index is 984. The highest BCUT2D eigenvalue weighted by molar-refractivity contribution is 5.91. The second-order valence-corrected chi connectivity index (χ2v) is 6.48. The Balaban J connectivity index is 1.85. The molecule has 27 heavy (non-hydrogen) atoms. The van der Waals surface area contributed by atoms with E-state index in [4.69, 9.17) is 0 Å². The molecule has 5 nitrogen and oxygen atoms in total. The normalized spacial score (nSPS) is 17.4. The summed E-state index contributed by atoms with van der Waals surface area (Å²) in [5, 5.41) is 17.5. The molecule has 1 aliphatic rings. The van der Waals surface area contributed by atoms with Crippen molar-refractivity contribution >= 4 is 16.7 Å². The van der Waals surface area contributed by atoms with Crippen LogP contribution >= 0.6 is 0 Å². The number of hydrogen-bond donors (Lipinski definition) is 3. The van der Waals surface area contributed by atoms with Gasteiger partial charge in [0.15, 0.2) is 5.82 Å². The molecular weight excluding hydrogens is 357 g/mol. The van der Waals surface area contributed by atoms with Crippen molar-refractivity contribution < 1.29 is 18.3 Å². The summed E-state index contributed by atoms with van der Waals surface area (Å²) in [4.78, 5) is 8.81. The predicted molar refractivity (Wildman–Crippen MR) is 96.5 cm³/mol. The van der Waals surface area contributed by atoms with Gasteiger partial charge in [0.25, 0.3) is 0 Å². The average Bonchev–Trinajstić information content (AvgIpc) is 3.14. The summed E-state index contributed by atoms with van der Waals surface area (Å²) in [6.07, 6.45) is -3.60. The van der Waals surface area contributed by atoms with Gasteiger partial charge in [-0.25, -0.2) is 9.97 Å². The Morgan fingerprint density at radius 3 is 2.67 bits per heavy atom. The van der Waals surface area contributed by atoms with Gasteiger partial charge in [0.2, 0.25) is 0 Å². The molecule has 0 aliphatic carbocycles. The molecule has 3 N–H and O–H groups in total. The molecule has 4 rings (SSSR count). The number of benzene rings is 2. The summed E-state index contributed by atoms with van der Waals surface area (Å²) in [6, 6.07) is 10.2. The SMILES string of the molecule is Oc1ccc(C(F)(F)F)cc1-c1nc(NC2CCNC2)c2ccccc2n1. The van der Waals surface area contributed by atoms with Gasteiger partial charge >= 0.3 is 6.18 Å². The fourth-order valence-corrected chi connectivity index (χ4v) is 3.17. The van der Waals surface area contributed by atoms with E-state index in [0.29, 0.717) is 11.3 Å². The van der Waals surface area contributed by atoms with Crippen LogP contribution in [0.2, 0.25) is 0 Å². The summed E-state index contributed by atoms with van der Waals surface area (Å²) in [7, 11) is 0. The number of phenols is 1. The zero-order valence-corrected chi connectivity index (χ0v) is 14.2. The molecule has 140 valence electrons. The van der Waals surface area contributed by atoms with E-state index < -0.39 is 11.7 Å². The molecule has 3 aromatic rings. The number of nitrogens with zero attached hydrogens (tertiary/aromatic N) is 2. The number of aromatic nitrogens is 2. The number of halogens is 3. The van der Waals surface area contributed by atoms with Crippen LogP contribution in [0.5, 0.6) is 5.75 Å². The summed E-state index contributed by atoms with van der Waals surface area (Å²) in [5.74, 6) is 0.290. The van der Waals surface area contributed by atoms with Crippen molar-refractivity contribution in [3.63, 3.8) is 0 Å². The highest BCUT2D eigenvalue weighted by atomic mass is 19.4. The number of phenolic OH excluding ortho intramolecular Hbond substituents is 1. The molecule has 0 radical (unpaired) electrons. The van der Waals surface area contributed by atoms with Crippen LogP contribution in [0.1, 0.15) is 12.0 Å². The van der Waals surface area contributed by atoms with Crippen molar-refractivity contribution in [2.75, 3.05) is 18.4 Å². The number of hydrogen-bond acceptors (Lipinski definition) is 5. The maximum atomic E-state index is 13.1. The standard InChI is InChI=1S/C19H17F3N4O/c20-19(21,22)11-5-6-16(27)14(9-11)18-25-15-4-2-1-3-13(15)17(26-18)24-12-7-8-23-10-12/h1-6,9,12,23,27H,7-8,10H2,(H,24,25,26). The number of anilines is 1. The molecule has 1 aliphatic heterocycles. The number of rotatable bonds is 3. The Labute approximate surface area is 153 Å². The van der Waals surface area contributed by atoms with Gasteiger partial charge in [-0.2, -0.15) is 13.2 Å². The van der Waals surface area contributed by atoms with Gasteiger partial charge in [-0.3, -0.25) is 0 Å². The molecule has 2 aromatic carbocycles. The first-order valence-electron chi connectivity index (χ1n) is 8.56. The molecule has 1 saturated heterocycles. The lowest BCUT2D eigenvalue weighted by Gasteiger charge is -2.16. The van der Waals surface area contributed by atoms with Crippen LogP contribution in [-0.4, -0.2) is 34.2 Å². The van der Waals surface area contributed by atoms with Crippen molar-refractivity contribution in [1.82, 2.24) is 15.3 Å². The molecule has 1 fully saturated rings. The van der Waals surface area contributed by atoms with Crippen LogP contribution in [0.15, 0.2) is 42.5 Å². The van der Waals surface area contributed by atoms with E-state index in [9.17, 15) is 18.3 Å². The first-order valence-corrected chi connectivity index (χ1v) is 8.56. The van der Waals surface area contributed by atoms with Gasteiger partial charge in [-0.1, -0.05) is 12.1 Å². The van der Waals surface area contributed by atoms with Gasteiger partial charge in [-0.05, 0) is 43.3 Å². The van der Waals surface area contributed by atoms with Gasteiger partial charge in [0.05, 0.1) is 16.6 Å². The Hall–Kier alpha value is -2.87. The number of aromatic hydroxyl groups is 1. The molecule has 1 aromatic heterocycles. The quantitative estimate of drug-likeness (QED) is 0.651. The fraction of sp³-hybridized carbons (Fsp3) is 0.263. The molecule has 1 atom stereocenters. The molecule has 8 heteroatoms. The molecule has 2 heterocycles. The van der Waals surface area contributed by atoms with E-state index in [1.165, 1.54) is 0 Å². The highest BCUT2D eigenvalue weighted by Crippen LogP contribution is 2.36. The maximum Gasteiger partial charge on any atom is 0.416 e. The molecule has 0 bridgehead atoms. The van der Waals surface area contributed by atoms with Crippen LogP contribution in [-0.2, 0) is 6.18 Å². The van der Waals surface area contributed by atoms with Crippen LogP contribution < -0.4 is 10.6 Å². The monoisotopic (exact) mass is 374 g/mol. The number of nitrogens with one attached hydrogen (secondary N) is 2. The second-order valence-electron chi connectivity index (χ2n) is 6.48. The maximum absolute atomic E-state index is 13.1. The van der Waals surface area contributed by atoms with Crippen LogP contribution in [0.4, 0.5) is 19.0 Å². The first-order chi connectivity index (χ1) is 12.9. The Morgan fingerprint density at radius 1 is 1.11 bits per heavy atom. The third-order valence-electron chi connectivity index (χ3n) is 4.57. The minimum atomic E-state index is -4.52. The lowest BCUT2D eigenvalue weighted by Crippen LogP contribution is -2.23. The van der Waals surface area contributed by atoms with Crippen molar-refractivity contribution in [1.29, 1.82) is 0 Å². The number of fused-ring (bicyclic) bond motifs is 1. The van der Waals surface area contributed by atoms with E-state index in [0.717, 1.165) is 43.1 Å². The van der Waals surface area contributed by atoms with Crippen molar-refractivity contribution in [2.45, 2.75) is 18.6 Å². The van der Waals surface area contributed by atoms with Crippen LogP contribution in [0, 0.1) is 0 Å². The summed E-state index contributed by atoms with van der Waals surface area (Å²) in [5.41, 5.74) is -0.322. The zero-order chi connectivity index (χ0) is 19.0. The van der Waals surface area contributed by atoms with E-state index >= 15 is 0 Å². The molecule has 0 saturated carbocycles. The molecule has 0 spiro atoms. The summed E-state index contributed by atoms with van der Waals surface area (Å²) < 4.78 is 39.2. The molecular formula is C19H17F3N4O. The summed E-state index contributed by atoms with van der Waals surface area (Å²) >= 11 is 0. The lowest BCUT2D eigenvalue weighted by molar-refractivity contribution is -0.137. The van der Waals surface area contributed by atoms with Crippen molar-refractivity contribution in [2.24, 2.45) is 0 Å². The van der Waals surface area contributed by atoms with Gasteiger partial charge in [0.1, 0.15) is 11.6 Å². The third kappa shape index (κ3) is 3.52. The summed E-state index contributed by atoms with van der Waals surface area (Å²) in [6.45, 7) is 1.67. The van der Waals surface area contributed by atoms with Gasteiger partial charge in [0, 0.05) is 18.0 Å². The number of para-hydroxylation sites is 1. The predicted octanol–water partition coefficient (Wildman–Crippen LogP) is 3.80. The molecule has 1 unspecified atom stereocenters. The third-order valence-corrected chi connectivity index (χ3v) is 4.57. The first kappa shape index (κ1) is 17.5. The Morgan fingerprint density at radius 2 is 1.93 bits per heavy atom.